The normalized spacial score (nSPS) is 17.2. The average Bonchev–Trinajstić information content (AvgIpc) is 2.52. The molecular weight excluding hydrogens is 302 g/mol. The van der Waals surface area contributed by atoms with Crippen LogP contribution in [-0.4, -0.2) is 72.8 Å². The van der Waals surface area contributed by atoms with E-state index in [4.69, 9.17) is 11.6 Å². The predicted molar refractivity (Wildman–Crippen MR) is 87.1 cm³/mol. The van der Waals surface area contributed by atoms with E-state index in [2.05, 4.69) is 4.90 Å². The zero-order chi connectivity index (χ0) is 16.3. The summed E-state index contributed by atoms with van der Waals surface area (Å²) >= 11 is 5.94. The van der Waals surface area contributed by atoms with Crippen LogP contribution in [0, 0.1) is 0 Å². The lowest BCUT2D eigenvalue weighted by molar-refractivity contribution is -0.134. The van der Waals surface area contributed by atoms with Crippen molar-refractivity contribution in [2.75, 3.05) is 40.3 Å². The van der Waals surface area contributed by atoms with Gasteiger partial charge in [-0.3, -0.25) is 14.5 Å². The Hall–Kier alpha value is -1.59. The minimum Gasteiger partial charge on any atom is -0.347 e. The fraction of sp³-hybridized carbons (Fsp3) is 0.500. The molecule has 1 fully saturated rings. The minimum atomic E-state index is -0.154. The lowest BCUT2D eigenvalue weighted by atomic mass is 10.1. The number of carbonyl (C=O) groups excluding carboxylic acids is 2. The Morgan fingerprint density at radius 2 is 1.82 bits per heavy atom. The van der Waals surface area contributed by atoms with Gasteiger partial charge >= 0.3 is 0 Å². The fourth-order valence-electron chi connectivity index (χ4n) is 2.65. The first kappa shape index (κ1) is 16.8. The molecule has 6 heteroatoms. The molecule has 1 aliphatic heterocycles. The Morgan fingerprint density at radius 1 is 1.18 bits per heavy atom. The summed E-state index contributed by atoms with van der Waals surface area (Å²) in [5.74, 6) is 0.0864. The van der Waals surface area contributed by atoms with Gasteiger partial charge in [0.15, 0.2) is 0 Å². The lowest BCUT2D eigenvalue weighted by Crippen LogP contribution is -2.54. The van der Waals surface area contributed by atoms with Gasteiger partial charge in [-0.15, -0.1) is 0 Å². The van der Waals surface area contributed by atoms with E-state index >= 15 is 0 Å². The zero-order valence-corrected chi connectivity index (χ0v) is 14.0. The second kappa shape index (κ2) is 7.11. The van der Waals surface area contributed by atoms with Crippen LogP contribution < -0.4 is 0 Å². The number of piperazine rings is 1. The van der Waals surface area contributed by atoms with Crippen LogP contribution >= 0.6 is 11.6 Å². The van der Waals surface area contributed by atoms with Gasteiger partial charge in [0, 0.05) is 50.9 Å². The predicted octanol–water partition coefficient (Wildman–Crippen LogP) is 1.57. The number of rotatable bonds is 3. The van der Waals surface area contributed by atoms with Crippen molar-refractivity contribution in [2.45, 2.75) is 13.0 Å². The molecule has 0 N–H and O–H groups in total. The molecule has 0 radical (unpaired) electrons. The maximum absolute atomic E-state index is 12.4. The standard InChI is InChI=1S/C16H22ClN3O2/c1-12(15(21)18(2)3)19-7-9-20(10-8-19)16(22)13-5-4-6-14(17)11-13/h4-6,11-12H,7-10H2,1-3H3. The number of amides is 2. The average molecular weight is 324 g/mol. The SMILES string of the molecule is CC(C(=O)N(C)C)N1CCN(C(=O)c2cccc(Cl)c2)CC1. The molecule has 0 aliphatic carbocycles. The molecule has 1 saturated heterocycles. The van der Waals surface area contributed by atoms with Crippen LogP contribution in [0.5, 0.6) is 0 Å². The molecule has 1 aliphatic rings. The third-order valence-corrected chi connectivity index (χ3v) is 4.25. The number of halogens is 1. The molecule has 2 amide bonds. The van der Waals surface area contributed by atoms with Crippen molar-refractivity contribution in [1.29, 1.82) is 0 Å². The van der Waals surface area contributed by atoms with Crippen LogP contribution in [0.1, 0.15) is 17.3 Å². The Labute approximate surface area is 136 Å². The topological polar surface area (TPSA) is 43.9 Å². The van der Waals surface area contributed by atoms with Crippen molar-refractivity contribution in [1.82, 2.24) is 14.7 Å². The third-order valence-electron chi connectivity index (χ3n) is 4.02. The van der Waals surface area contributed by atoms with Gasteiger partial charge in [0.1, 0.15) is 0 Å². The summed E-state index contributed by atoms with van der Waals surface area (Å²) in [6, 6.07) is 6.85. The van der Waals surface area contributed by atoms with E-state index in [1.165, 1.54) is 0 Å². The molecule has 1 aromatic carbocycles. The van der Waals surface area contributed by atoms with Crippen LogP contribution in [0.15, 0.2) is 24.3 Å². The van der Waals surface area contributed by atoms with Crippen molar-refractivity contribution in [3.63, 3.8) is 0 Å². The summed E-state index contributed by atoms with van der Waals surface area (Å²) in [6.45, 7) is 4.56. The van der Waals surface area contributed by atoms with Crippen LogP contribution in [0.3, 0.4) is 0 Å². The van der Waals surface area contributed by atoms with Crippen molar-refractivity contribution in [3.05, 3.63) is 34.9 Å². The minimum absolute atomic E-state index is 0.00580. The van der Waals surface area contributed by atoms with Crippen LogP contribution in [-0.2, 0) is 4.79 Å². The fourth-order valence-corrected chi connectivity index (χ4v) is 2.84. The quantitative estimate of drug-likeness (QED) is 0.848. The first-order chi connectivity index (χ1) is 10.4. The molecule has 1 atom stereocenters. The molecule has 1 unspecified atom stereocenters. The molecule has 2 rings (SSSR count). The van der Waals surface area contributed by atoms with E-state index in [1.807, 2.05) is 11.8 Å². The first-order valence-corrected chi connectivity index (χ1v) is 7.78. The van der Waals surface area contributed by atoms with E-state index in [0.717, 1.165) is 0 Å². The number of hydrogen-bond acceptors (Lipinski definition) is 3. The highest BCUT2D eigenvalue weighted by molar-refractivity contribution is 6.30. The number of benzene rings is 1. The molecule has 1 heterocycles. The lowest BCUT2D eigenvalue weighted by Gasteiger charge is -2.38. The summed E-state index contributed by atoms with van der Waals surface area (Å²) in [4.78, 5) is 30.0. The summed E-state index contributed by atoms with van der Waals surface area (Å²) in [6.07, 6.45) is 0. The maximum Gasteiger partial charge on any atom is 0.253 e. The van der Waals surface area contributed by atoms with Crippen molar-refractivity contribution >= 4 is 23.4 Å². The molecule has 1 aromatic rings. The highest BCUT2D eigenvalue weighted by Gasteiger charge is 2.28. The van der Waals surface area contributed by atoms with Crippen molar-refractivity contribution in [3.8, 4) is 0 Å². The number of likely N-dealkylation sites (N-methyl/N-ethyl adjacent to an activating group) is 1. The van der Waals surface area contributed by atoms with Gasteiger partial charge in [0.2, 0.25) is 5.91 Å². The molecule has 22 heavy (non-hydrogen) atoms. The van der Waals surface area contributed by atoms with E-state index in [9.17, 15) is 9.59 Å². The largest absolute Gasteiger partial charge is 0.347 e. The smallest absolute Gasteiger partial charge is 0.253 e. The molecule has 0 saturated carbocycles. The first-order valence-electron chi connectivity index (χ1n) is 7.40. The maximum atomic E-state index is 12.4. The van der Waals surface area contributed by atoms with Gasteiger partial charge in [-0.25, -0.2) is 0 Å². The second-order valence-electron chi connectivity index (χ2n) is 5.75. The molecule has 0 aromatic heterocycles. The number of hydrogen-bond donors (Lipinski definition) is 0. The van der Waals surface area contributed by atoms with Gasteiger partial charge < -0.3 is 9.80 Å². The van der Waals surface area contributed by atoms with Gasteiger partial charge in [0.25, 0.3) is 5.91 Å². The summed E-state index contributed by atoms with van der Waals surface area (Å²) in [5.41, 5.74) is 0.610. The van der Waals surface area contributed by atoms with Crippen molar-refractivity contribution < 1.29 is 9.59 Å². The van der Waals surface area contributed by atoms with Gasteiger partial charge in [-0.2, -0.15) is 0 Å². The summed E-state index contributed by atoms with van der Waals surface area (Å²) in [7, 11) is 3.52. The second-order valence-corrected chi connectivity index (χ2v) is 6.18. The molecule has 0 bridgehead atoms. The highest BCUT2D eigenvalue weighted by atomic mass is 35.5. The van der Waals surface area contributed by atoms with Gasteiger partial charge in [-0.1, -0.05) is 17.7 Å². The number of nitrogens with zero attached hydrogens (tertiary/aromatic N) is 3. The zero-order valence-electron chi connectivity index (χ0n) is 13.3. The summed E-state index contributed by atoms with van der Waals surface area (Å²) < 4.78 is 0. The monoisotopic (exact) mass is 323 g/mol. The van der Waals surface area contributed by atoms with Crippen molar-refractivity contribution in [2.24, 2.45) is 0 Å². The molecule has 5 nitrogen and oxygen atoms in total. The molecule has 0 spiro atoms. The van der Waals surface area contributed by atoms with Crippen LogP contribution in [0.2, 0.25) is 5.02 Å². The van der Waals surface area contributed by atoms with Gasteiger partial charge in [0.05, 0.1) is 6.04 Å². The third kappa shape index (κ3) is 3.78. The Bertz CT molecular complexity index is 554. The van der Waals surface area contributed by atoms with E-state index in [-0.39, 0.29) is 17.9 Å². The Morgan fingerprint density at radius 3 is 2.36 bits per heavy atom. The Kier molecular flexibility index (Phi) is 5.42. The Balaban J connectivity index is 1.94. The number of carbonyl (C=O) groups is 2. The van der Waals surface area contributed by atoms with Gasteiger partial charge in [-0.05, 0) is 25.1 Å². The molecular formula is C16H22ClN3O2. The highest BCUT2D eigenvalue weighted by Crippen LogP contribution is 2.15. The van der Waals surface area contributed by atoms with E-state index in [0.29, 0.717) is 36.8 Å². The van der Waals surface area contributed by atoms with Crippen LogP contribution in [0.25, 0.3) is 0 Å². The molecule has 120 valence electrons. The van der Waals surface area contributed by atoms with E-state index in [1.54, 1.807) is 43.3 Å². The summed E-state index contributed by atoms with van der Waals surface area (Å²) in [5, 5.41) is 0.565. The van der Waals surface area contributed by atoms with E-state index < -0.39 is 0 Å². The van der Waals surface area contributed by atoms with Crippen LogP contribution in [0.4, 0.5) is 0 Å².